The first-order valence-electron chi connectivity index (χ1n) is 25.4. The van der Waals surface area contributed by atoms with Gasteiger partial charge in [-0.1, -0.05) is 0 Å². The van der Waals surface area contributed by atoms with Crippen LogP contribution in [-0.4, -0.2) is 344 Å². The third kappa shape index (κ3) is 16.9. The third-order valence-electron chi connectivity index (χ3n) is 14.0. The van der Waals surface area contributed by atoms with Crippen LogP contribution >= 0.6 is 0 Å². The Bertz CT molecular complexity index is 2390. The Morgan fingerprint density at radius 1 is 0.381 bits per heavy atom. The Hall–Kier alpha value is -2.89. The summed E-state index contributed by atoms with van der Waals surface area (Å²) in [6, 6.07) is -5.41. The summed E-state index contributed by atoms with van der Waals surface area (Å²) >= 11 is 0. The summed E-state index contributed by atoms with van der Waals surface area (Å²) < 4.78 is 135. The van der Waals surface area contributed by atoms with Gasteiger partial charge in [0.15, 0.2) is 37.7 Å². The van der Waals surface area contributed by atoms with E-state index in [1.54, 1.807) is 0 Å². The minimum Gasteiger partial charge on any atom is -0.394 e. The predicted molar refractivity (Wildman–Crippen MR) is 255 cm³/mol. The number of hydrogen-bond acceptors (Lipinski definition) is 35. The lowest BCUT2D eigenvalue weighted by molar-refractivity contribution is -0.376. The molecule has 0 saturated carbocycles. The second-order valence-corrected chi connectivity index (χ2v) is 22.2. The van der Waals surface area contributed by atoms with Crippen LogP contribution in [0.25, 0.3) is 0 Å². The molecule has 6 saturated heterocycles. The Kier molecular flexibility index (Phi) is 24.8. The third-order valence-corrected chi connectivity index (χ3v) is 14.9. The van der Waals surface area contributed by atoms with E-state index in [4.69, 9.17) is 56.7 Å². The van der Waals surface area contributed by atoms with Gasteiger partial charge in [0.05, 0.1) is 39.6 Å². The van der Waals surface area contributed by atoms with Gasteiger partial charge in [-0.25, -0.2) is 8.37 Å². The molecule has 6 fully saturated rings. The molecule has 0 aliphatic carbocycles. The van der Waals surface area contributed by atoms with Gasteiger partial charge in [-0.05, 0) is 0 Å². The molecule has 0 radical (unpaired) electrons. The summed E-state index contributed by atoms with van der Waals surface area (Å²) in [5.41, 5.74) is 0. The molecular formula is C42H71N3O37S2. The minimum atomic E-state index is -5.40. The van der Waals surface area contributed by atoms with Gasteiger partial charge in [-0.2, -0.15) is 16.8 Å². The van der Waals surface area contributed by atoms with Crippen LogP contribution in [0.15, 0.2) is 0 Å². The molecule has 6 heterocycles. The van der Waals surface area contributed by atoms with E-state index >= 15 is 0 Å². The van der Waals surface area contributed by atoms with Crippen LogP contribution in [0.2, 0.25) is 0 Å². The van der Waals surface area contributed by atoms with Crippen molar-refractivity contribution in [2.24, 2.45) is 0 Å². The highest BCUT2D eigenvalue weighted by atomic mass is 32.3. The molecule has 30 atom stereocenters. The first-order valence-corrected chi connectivity index (χ1v) is 28.1. The first kappa shape index (κ1) is 70.2. The molecule has 42 heteroatoms. The summed E-state index contributed by atoms with van der Waals surface area (Å²) in [5.74, 6) is -2.65. The molecule has 6 rings (SSSR count). The molecule has 40 nitrogen and oxygen atoms in total. The van der Waals surface area contributed by atoms with Crippen molar-refractivity contribution in [3.63, 3.8) is 0 Å². The maximum atomic E-state index is 12.6. The summed E-state index contributed by atoms with van der Waals surface area (Å²) in [5, 5.41) is 170. The van der Waals surface area contributed by atoms with Gasteiger partial charge in [-0.3, -0.25) is 23.5 Å². The van der Waals surface area contributed by atoms with E-state index in [0.717, 1.165) is 20.8 Å². The van der Waals surface area contributed by atoms with Crippen LogP contribution in [0.5, 0.6) is 0 Å². The quantitative estimate of drug-likeness (QED) is 0.0422. The van der Waals surface area contributed by atoms with E-state index in [-0.39, 0.29) is 0 Å². The smallest absolute Gasteiger partial charge is 0.394 e. The standard InChI is InChI=1S/C42H71N3O37S2/c1-10(50)43-19-26(57)32(78-40-29(60)28(59)22(53)18(77-40)9-71-83(64,65)66)15(6-48)75-38(19)70-8-17-25(56)34(21(37(63)72-17)45-12(3)52)80-41-30(61)35(23(54)13(4-46)73-41)81-39-20(44-11(2)51)27(58)33(16(7-49)76-39)79-42-31(62)36(82-84(67,68)69)24(55)14(5-47)74-42/h13-42,46-49,53-63H,4-9H2,1-3H3,(H,43,50)(H,44,51)(H,45,52)(H,64,65,66)(H,67,68,69)/t13-,14-,15-,16-,17-,18-,19-,20-,21-,22+,23+,24+,25+,26-,27-,28+,29-,30-,31-,32-,33-,34-,35+,36+,37+,38-,39+,40+,41+,42+/m1/s1. The molecule has 0 aromatic carbocycles. The summed E-state index contributed by atoms with van der Waals surface area (Å²) in [6.45, 7) is -3.51. The van der Waals surface area contributed by atoms with Crippen molar-refractivity contribution in [3.05, 3.63) is 0 Å². The summed E-state index contributed by atoms with van der Waals surface area (Å²) in [6.07, 6.45) is -55.0. The largest absolute Gasteiger partial charge is 0.397 e. The van der Waals surface area contributed by atoms with Gasteiger partial charge < -0.3 is 145 Å². The lowest BCUT2D eigenvalue weighted by atomic mass is 9.94. The average molecular weight is 1270 g/mol. The highest BCUT2D eigenvalue weighted by Gasteiger charge is 2.58. The molecule has 6 aliphatic rings. The fraction of sp³-hybridized carbons (Fsp3) is 0.929. The second-order valence-electron chi connectivity index (χ2n) is 20.0. The molecule has 0 bridgehead atoms. The zero-order chi connectivity index (χ0) is 62.6. The zero-order valence-corrected chi connectivity index (χ0v) is 45.8. The molecule has 0 aromatic heterocycles. The normalized spacial score (nSPS) is 45.1. The zero-order valence-electron chi connectivity index (χ0n) is 44.1. The van der Waals surface area contributed by atoms with E-state index in [9.17, 15) is 112 Å². The van der Waals surface area contributed by atoms with Crippen molar-refractivity contribution in [1.82, 2.24) is 16.0 Å². The molecular weight excluding hydrogens is 1200 g/mol. The number of hydrogen-bond donors (Lipinski definition) is 20. The fourth-order valence-corrected chi connectivity index (χ4v) is 10.8. The Balaban J connectivity index is 1.20. The van der Waals surface area contributed by atoms with Crippen LogP contribution in [-0.2, 0) is 95.7 Å². The summed E-state index contributed by atoms with van der Waals surface area (Å²) in [7, 11) is -10.5. The maximum Gasteiger partial charge on any atom is 0.397 e. The van der Waals surface area contributed by atoms with E-state index in [0.29, 0.717) is 0 Å². The molecule has 0 unspecified atom stereocenters. The van der Waals surface area contributed by atoms with Crippen molar-refractivity contribution in [2.75, 3.05) is 39.6 Å². The Morgan fingerprint density at radius 2 is 0.762 bits per heavy atom. The topological polar surface area (TPSA) is 619 Å². The second kappa shape index (κ2) is 29.6. The van der Waals surface area contributed by atoms with E-state index < -0.39 is 262 Å². The molecule has 0 spiro atoms. The number of rotatable bonds is 23. The molecule has 488 valence electrons. The number of amides is 3. The van der Waals surface area contributed by atoms with Crippen molar-refractivity contribution < 1.29 is 177 Å². The number of nitrogens with one attached hydrogen (secondary N) is 3. The average Bonchev–Trinajstić information content (AvgIpc) is 1.47. The number of ether oxygens (including phenoxy) is 11. The number of carbonyl (C=O) groups excluding carboxylic acids is 3. The predicted octanol–water partition coefficient (Wildman–Crippen LogP) is -14.0. The van der Waals surface area contributed by atoms with Crippen LogP contribution in [0, 0.1) is 0 Å². The molecule has 20 N–H and O–H groups in total. The van der Waals surface area contributed by atoms with Gasteiger partial charge in [-0.15, -0.1) is 0 Å². The number of carbonyl (C=O) groups is 3. The van der Waals surface area contributed by atoms with E-state index in [1.165, 1.54) is 0 Å². The SMILES string of the molecule is CC(=O)N[C@@H]1[C@@H](O[C@@H]2O[C@H](CO)[C@H](O)[C@H](O[C@@H]3O[C@H](CO)[C@@H](O[C@@H]4O[C@H](CO)[C@H](O)[C@H](OS(=O)(=O)O)[C@H]4O)[C@H](O)[C@H]3NC(C)=O)[C@H]2O)[C@@H](O)[C@@H](CO[C@@H]2O[C@H](CO)[C@@H](O[C@@H]3O[C@H](COS(=O)(=O)O)[C@H](O)[C@H](O)[C@H]3O)[C@H](O)[C@H]2NC(C)=O)O[C@@H]1O. The van der Waals surface area contributed by atoms with Gasteiger partial charge in [0.2, 0.25) is 17.7 Å². The summed E-state index contributed by atoms with van der Waals surface area (Å²) in [4.78, 5) is 37.5. The van der Waals surface area contributed by atoms with Crippen molar-refractivity contribution in [1.29, 1.82) is 0 Å². The van der Waals surface area contributed by atoms with Crippen LogP contribution in [0.1, 0.15) is 20.8 Å². The monoisotopic (exact) mass is 1270 g/mol. The number of aliphatic hydroxyl groups excluding tert-OH is 15. The van der Waals surface area contributed by atoms with Crippen molar-refractivity contribution >= 4 is 38.5 Å². The minimum absolute atomic E-state index is 0.858. The lowest BCUT2D eigenvalue weighted by Crippen LogP contribution is -2.70. The van der Waals surface area contributed by atoms with Crippen molar-refractivity contribution in [2.45, 2.75) is 205 Å². The lowest BCUT2D eigenvalue weighted by Gasteiger charge is -2.50. The Labute approximate surface area is 475 Å². The highest BCUT2D eigenvalue weighted by molar-refractivity contribution is 7.81. The van der Waals surface area contributed by atoms with Gasteiger partial charge in [0.1, 0.15) is 146 Å². The maximum absolute atomic E-state index is 12.6. The number of aliphatic hydroxyl groups is 15. The van der Waals surface area contributed by atoms with Crippen LogP contribution in [0.3, 0.4) is 0 Å². The molecule has 3 amide bonds. The van der Waals surface area contributed by atoms with Crippen LogP contribution < -0.4 is 16.0 Å². The molecule has 0 aromatic rings. The van der Waals surface area contributed by atoms with Crippen molar-refractivity contribution in [3.8, 4) is 0 Å². The van der Waals surface area contributed by atoms with E-state index in [2.05, 4.69) is 24.3 Å². The van der Waals surface area contributed by atoms with Gasteiger partial charge >= 0.3 is 20.8 Å². The first-order chi connectivity index (χ1) is 39.2. The fourth-order valence-electron chi connectivity index (χ4n) is 10.0. The van der Waals surface area contributed by atoms with Crippen LogP contribution in [0.4, 0.5) is 0 Å². The Morgan fingerprint density at radius 3 is 1.24 bits per heavy atom. The van der Waals surface area contributed by atoms with Gasteiger partial charge in [0.25, 0.3) is 0 Å². The molecule has 6 aliphatic heterocycles. The highest BCUT2D eigenvalue weighted by Crippen LogP contribution is 2.36. The van der Waals surface area contributed by atoms with Gasteiger partial charge in [0, 0.05) is 20.8 Å². The van der Waals surface area contributed by atoms with E-state index in [1.807, 2.05) is 0 Å². The molecule has 84 heavy (non-hydrogen) atoms.